The molecule has 0 saturated carbocycles. The quantitative estimate of drug-likeness (QED) is 0.740. The number of aromatic nitrogens is 2. The van der Waals surface area contributed by atoms with Gasteiger partial charge in [0.25, 0.3) is 0 Å². The second-order valence-electron chi connectivity index (χ2n) is 2.74. The summed E-state index contributed by atoms with van der Waals surface area (Å²) in [5, 5.41) is 21.5. The molecule has 0 aliphatic heterocycles. The van der Waals surface area contributed by atoms with E-state index in [0.717, 1.165) is 0 Å². The summed E-state index contributed by atoms with van der Waals surface area (Å²) in [6, 6.07) is 4.73. The lowest BCUT2D eigenvalue weighted by Crippen LogP contribution is -1.81. The molecule has 0 saturated heterocycles. The van der Waals surface area contributed by atoms with Crippen LogP contribution in [0.2, 0.25) is 0 Å². The van der Waals surface area contributed by atoms with Crippen LogP contribution in [-0.4, -0.2) is 20.4 Å². The van der Waals surface area contributed by atoms with Gasteiger partial charge in [-0.15, -0.1) is 0 Å². The molecule has 0 bridgehead atoms. The standard InChI is InChI=1S/C9H8N2O3/c12-5-7-3-9(11-14-7)8-2-1-6(13)4-10-8/h1-4,12-13H,5H2. The summed E-state index contributed by atoms with van der Waals surface area (Å²) in [5.41, 5.74) is 1.13. The van der Waals surface area contributed by atoms with Crippen molar-refractivity contribution in [3.05, 3.63) is 30.2 Å². The summed E-state index contributed by atoms with van der Waals surface area (Å²) in [4.78, 5) is 3.94. The Labute approximate surface area is 79.6 Å². The lowest BCUT2D eigenvalue weighted by Gasteiger charge is -1.93. The van der Waals surface area contributed by atoms with Gasteiger partial charge in [0, 0.05) is 6.07 Å². The van der Waals surface area contributed by atoms with E-state index in [9.17, 15) is 0 Å². The first-order valence-electron chi connectivity index (χ1n) is 4.01. The highest BCUT2D eigenvalue weighted by Gasteiger charge is 2.06. The first-order valence-corrected chi connectivity index (χ1v) is 4.01. The van der Waals surface area contributed by atoms with Gasteiger partial charge >= 0.3 is 0 Å². The first-order chi connectivity index (χ1) is 6.79. The zero-order valence-electron chi connectivity index (χ0n) is 7.21. The predicted molar refractivity (Wildman–Crippen MR) is 47.3 cm³/mol. The summed E-state index contributed by atoms with van der Waals surface area (Å²) in [5.74, 6) is 0.481. The highest BCUT2D eigenvalue weighted by atomic mass is 16.5. The molecule has 5 heteroatoms. The Kier molecular flexibility index (Phi) is 2.16. The molecule has 0 fully saturated rings. The fraction of sp³-hybridized carbons (Fsp3) is 0.111. The minimum absolute atomic E-state index is 0.0969. The van der Waals surface area contributed by atoms with Crippen LogP contribution in [0.4, 0.5) is 0 Å². The minimum Gasteiger partial charge on any atom is -0.506 e. The summed E-state index contributed by atoms with van der Waals surface area (Å²) < 4.78 is 4.80. The van der Waals surface area contributed by atoms with Gasteiger partial charge in [-0.25, -0.2) is 0 Å². The number of aliphatic hydroxyl groups is 1. The normalized spacial score (nSPS) is 10.4. The van der Waals surface area contributed by atoms with Crippen molar-refractivity contribution in [1.82, 2.24) is 10.1 Å². The van der Waals surface area contributed by atoms with Crippen LogP contribution in [-0.2, 0) is 6.61 Å². The summed E-state index contributed by atoms with van der Waals surface area (Å²) in [6.07, 6.45) is 1.32. The van der Waals surface area contributed by atoms with E-state index in [1.165, 1.54) is 12.3 Å². The minimum atomic E-state index is -0.189. The fourth-order valence-corrected chi connectivity index (χ4v) is 1.05. The van der Waals surface area contributed by atoms with Crippen LogP contribution in [0.1, 0.15) is 5.76 Å². The maximum Gasteiger partial charge on any atom is 0.162 e. The van der Waals surface area contributed by atoms with Crippen LogP contribution >= 0.6 is 0 Å². The highest BCUT2D eigenvalue weighted by molar-refractivity contribution is 5.53. The Morgan fingerprint density at radius 2 is 2.14 bits per heavy atom. The third kappa shape index (κ3) is 1.57. The molecule has 0 unspecified atom stereocenters. The zero-order valence-corrected chi connectivity index (χ0v) is 7.21. The Hall–Kier alpha value is -1.88. The molecule has 0 radical (unpaired) electrons. The van der Waals surface area contributed by atoms with Gasteiger partial charge in [-0.05, 0) is 12.1 Å². The molecular weight excluding hydrogens is 184 g/mol. The van der Waals surface area contributed by atoms with Crippen molar-refractivity contribution >= 4 is 0 Å². The second-order valence-corrected chi connectivity index (χ2v) is 2.74. The molecule has 0 aromatic carbocycles. The number of nitrogens with zero attached hydrogens (tertiary/aromatic N) is 2. The van der Waals surface area contributed by atoms with Crippen molar-refractivity contribution in [2.24, 2.45) is 0 Å². The molecule has 2 rings (SSSR count). The van der Waals surface area contributed by atoms with Gasteiger partial charge in [-0.2, -0.15) is 0 Å². The number of aliphatic hydroxyl groups excluding tert-OH is 1. The van der Waals surface area contributed by atoms with Crippen LogP contribution in [0, 0.1) is 0 Å². The molecule has 2 N–H and O–H groups in total. The molecule has 72 valence electrons. The number of pyridine rings is 1. The highest BCUT2D eigenvalue weighted by Crippen LogP contribution is 2.18. The Morgan fingerprint density at radius 1 is 1.29 bits per heavy atom. The van der Waals surface area contributed by atoms with E-state index in [1.807, 2.05) is 0 Å². The summed E-state index contributed by atoms with van der Waals surface area (Å²) >= 11 is 0. The van der Waals surface area contributed by atoms with Gasteiger partial charge in [0.2, 0.25) is 0 Å². The maximum absolute atomic E-state index is 9.01. The van der Waals surface area contributed by atoms with E-state index in [0.29, 0.717) is 17.1 Å². The van der Waals surface area contributed by atoms with Gasteiger partial charge in [0.15, 0.2) is 5.76 Å². The van der Waals surface area contributed by atoms with Gasteiger partial charge in [-0.3, -0.25) is 4.98 Å². The molecule has 5 nitrogen and oxygen atoms in total. The van der Waals surface area contributed by atoms with Gasteiger partial charge in [0.1, 0.15) is 18.1 Å². The van der Waals surface area contributed by atoms with E-state index < -0.39 is 0 Å². The molecule has 2 aromatic rings. The van der Waals surface area contributed by atoms with Crippen LogP contribution in [0.5, 0.6) is 5.75 Å². The van der Waals surface area contributed by atoms with E-state index in [-0.39, 0.29) is 12.4 Å². The van der Waals surface area contributed by atoms with Gasteiger partial charge < -0.3 is 14.7 Å². The maximum atomic E-state index is 9.01. The first kappa shape index (κ1) is 8.71. The van der Waals surface area contributed by atoms with Crippen molar-refractivity contribution in [1.29, 1.82) is 0 Å². The predicted octanol–water partition coefficient (Wildman–Crippen LogP) is 0.934. The SMILES string of the molecule is OCc1cc(-c2ccc(O)cn2)no1. The van der Waals surface area contributed by atoms with Gasteiger partial charge in [-0.1, -0.05) is 5.16 Å². The molecule has 0 spiro atoms. The topological polar surface area (TPSA) is 79.4 Å². The smallest absolute Gasteiger partial charge is 0.162 e. The Balaban J connectivity index is 2.34. The Bertz CT molecular complexity index is 422. The third-order valence-electron chi connectivity index (χ3n) is 1.73. The lowest BCUT2D eigenvalue weighted by atomic mass is 10.2. The van der Waals surface area contributed by atoms with Gasteiger partial charge in [0.05, 0.1) is 11.9 Å². The largest absolute Gasteiger partial charge is 0.506 e. The van der Waals surface area contributed by atoms with Crippen LogP contribution in [0.25, 0.3) is 11.4 Å². The number of hydrogen-bond acceptors (Lipinski definition) is 5. The van der Waals surface area contributed by atoms with E-state index in [2.05, 4.69) is 10.1 Å². The molecule has 0 atom stereocenters. The van der Waals surface area contributed by atoms with Crippen molar-refractivity contribution in [2.75, 3.05) is 0 Å². The monoisotopic (exact) mass is 192 g/mol. The zero-order chi connectivity index (χ0) is 9.97. The molecule has 2 aromatic heterocycles. The van der Waals surface area contributed by atoms with E-state index in [1.54, 1.807) is 12.1 Å². The number of aromatic hydroxyl groups is 1. The Morgan fingerprint density at radius 3 is 2.71 bits per heavy atom. The van der Waals surface area contributed by atoms with Crippen LogP contribution in [0.15, 0.2) is 28.9 Å². The lowest BCUT2D eigenvalue weighted by molar-refractivity contribution is 0.229. The third-order valence-corrected chi connectivity index (χ3v) is 1.73. The molecule has 2 heterocycles. The average molecular weight is 192 g/mol. The molecular formula is C9H8N2O3. The van der Waals surface area contributed by atoms with E-state index in [4.69, 9.17) is 14.7 Å². The van der Waals surface area contributed by atoms with Crippen molar-refractivity contribution < 1.29 is 14.7 Å². The molecule has 0 amide bonds. The van der Waals surface area contributed by atoms with Crippen molar-refractivity contribution in [3.8, 4) is 17.1 Å². The fourth-order valence-electron chi connectivity index (χ4n) is 1.05. The van der Waals surface area contributed by atoms with Crippen molar-refractivity contribution in [2.45, 2.75) is 6.61 Å². The summed E-state index contributed by atoms with van der Waals surface area (Å²) in [7, 11) is 0. The molecule has 14 heavy (non-hydrogen) atoms. The van der Waals surface area contributed by atoms with Crippen LogP contribution in [0.3, 0.4) is 0 Å². The summed E-state index contributed by atoms with van der Waals surface area (Å²) in [6.45, 7) is -0.189. The van der Waals surface area contributed by atoms with Crippen molar-refractivity contribution in [3.63, 3.8) is 0 Å². The molecule has 0 aliphatic rings. The second kappa shape index (κ2) is 3.47. The number of rotatable bonds is 2. The number of hydrogen-bond donors (Lipinski definition) is 2. The van der Waals surface area contributed by atoms with Crippen LogP contribution < -0.4 is 0 Å². The van der Waals surface area contributed by atoms with E-state index >= 15 is 0 Å². The average Bonchev–Trinajstić information content (AvgIpc) is 2.67. The molecule has 0 aliphatic carbocycles.